The summed E-state index contributed by atoms with van der Waals surface area (Å²) in [7, 11) is 0. The molecule has 0 saturated heterocycles. The van der Waals surface area contributed by atoms with E-state index < -0.39 is 0 Å². The first-order valence-electron chi connectivity index (χ1n) is 5.66. The molecule has 1 amide bonds. The average molecular weight is 224 g/mol. The zero-order valence-corrected chi connectivity index (χ0v) is 9.89. The normalized spacial score (nSPS) is 14.4. The third kappa shape index (κ3) is 3.70. The molecule has 4 nitrogen and oxygen atoms in total. The van der Waals surface area contributed by atoms with Crippen molar-refractivity contribution in [1.82, 2.24) is 9.88 Å². The summed E-state index contributed by atoms with van der Waals surface area (Å²) in [5, 5.41) is 11.6. The van der Waals surface area contributed by atoms with Crippen LogP contribution in [-0.2, 0) is 4.79 Å². The van der Waals surface area contributed by atoms with Crippen LogP contribution in [0.15, 0.2) is 24.5 Å². The summed E-state index contributed by atoms with van der Waals surface area (Å²) in [5.74, 6) is 0.326. The van der Waals surface area contributed by atoms with Crippen LogP contribution < -0.4 is 5.32 Å². The number of hydrogen-bond donors (Lipinski definition) is 2. The van der Waals surface area contributed by atoms with Gasteiger partial charge >= 0.3 is 0 Å². The number of aliphatic hydroxyl groups excluding tert-OH is 1. The van der Waals surface area contributed by atoms with E-state index in [1.54, 1.807) is 0 Å². The number of hydrogen-bond acceptors (Lipinski definition) is 2. The van der Waals surface area contributed by atoms with Crippen molar-refractivity contribution in [2.75, 3.05) is 13.2 Å². The van der Waals surface area contributed by atoms with Crippen molar-refractivity contribution in [1.29, 1.82) is 0 Å². The molecule has 90 valence electrons. The minimum atomic E-state index is -0.184. The smallest absolute Gasteiger partial charge is 0.242 e. The zero-order valence-electron chi connectivity index (χ0n) is 9.89. The van der Waals surface area contributed by atoms with Crippen LogP contribution in [0.25, 0.3) is 0 Å². The van der Waals surface area contributed by atoms with Gasteiger partial charge in [0.1, 0.15) is 6.04 Å². The average Bonchev–Trinajstić information content (AvgIpc) is 2.78. The first-order valence-corrected chi connectivity index (χ1v) is 5.66. The first-order chi connectivity index (χ1) is 7.65. The molecule has 0 fully saturated rings. The first kappa shape index (κ1) is 12.8. The Kier molecular flexibility index (Phi) is 5.05. The maximum atomic E-state index is 11.8. The maximum Gasteiger partial charge on any atom is 0.242 e. The molecular formula is C12H20N2O2. The van der Waals surface area contributed by atoms with Crippen molar-refractivity contribution in [3.05, 3.63) is 24.5 Å². The third-order valence-corrected chi connectivity index (χ3v) is 2.70. The molecule has 1 rings (SSSR count). The summed E-state index contributed by atoms with van der Waals surface area (Å²) < 4.78 is 1.87. The van der Waals surface area contributed by atoms with Gasteiger partial charge in [-0.15, -0.1) is 0 Å². The predicted octanol–water partition coefficient (Wildman–Crippen LogP) is 1.18. The summed E-state index contributed by atoms with van der Waals surface area (Å²) in [5.41, 5.74) is 0. The number of amides is 1. The molecule has 1 aromatic rings. The number of carbonyl (C=O) groups is 1. The summed E-state index contributed by atoms with van der Waals surface area (Å²) >= 11 is 0. The molecule has 0 spiro atoms. The Morgan fingerprint density at radius 2 is 2.00 bits per heavy atom. The van der Waals surface area contributed by atoms with Crippen molar-refractivity contribution in [2.45, 2.75) is 26.3 Å². The topological polar surface area (TPSA) is 54.3 Å². The molecule has 1 aromatic heterocycles. The van der Waals surface area contributed by atoms with E-state index in [0.29, 0.717) is 12.5 Å². The Bertz CT molecular complexity index is 309. The Morgan fingerprint density at radius 1 is 1.38 bits per heavy atom. The van der Waals surface area contributed by atoms with Gasteiger partial charge in [-0.3, -0.25) is 4.79 Å². The van der Waals surface area contributed by atoms with Crippen molar-refractivity contribution in [3.8, 4) is 0 Å². The van der Waals surface area contributed by atoms with Crippen LogP contribution >= 0.6 is 0 Å². The fourth-order valence-corrected chi connectivity index (χ4v) is 1.49. The van der Waals surface area contributed by atoms with Crippen LogP contribution in [0, 0.1) is 5.92 Å². The quantitative estimate of drug-likeness (QED) is 0.762. The lowest BCUT2D eigenvalue weighted by atomic mass is 10.1. The summed E-state index contributed by atoms with van der Waals surface area (Å²) in [6.45, 7) is 4.66. The van der Waals surface area contributed by atoms with Gasteiger partial charge in [-0.2, -0.15) is 0 Å². The van der Waals surface area contributed by atoms with Gasteiger partial charge < -0.3 is 15.0 Å². The van der Waals surface area contributed by atoms with E-state index in [1.807, 2.05) is 42.9 Å². The minimum absolute atomic E-state index is 0.0148. The lowest BCUT2D eigenvalue weighted by molar-refractivity contribution is -0.124. The van der Waals surface area contributed by atoms with Gasteiger partial charge in [-0.25, -0.2) is 0 Å². The summed E-state index contributed by atoms with van der Waals surface area (Å²) in [6, 6.07) is 3.62. The van der Waals surface area contributed by atoms with Crippen molar-refractivity contribution in [2.24, 2.45) is 5.92 Å². The van der Waals surface area contributed by atoms with E-state index in [9.17, 15) is 4.79 Å². The van der Waals surface area contributed by atoms with Gasteiger partial charge in [0, 0.05) is 25.5 Å². The second kappa shape index (κ2) is 6.33. The second-order valence-electron chi connectivity index (χ2n) is 4.17. The van der Waals surface area contributed by atoms with Crippen LogP contribution in [0.5, 0.6) is 0 Å². The van der Waals surface area contributed by atoms with Gasteiger partial charge in [0.25, 0.3) is 0 Å². The number of rotatable bonds is 6. The molecule has 0 bridgehead atoms. The molecule has 0 aliphatic rings. The summed E-state index contributed by atoms with van der Waals surface area (Å²) in [4.78, 5) is 11.8. The Hall–Kier alpha value is -1.29. The van der Waals surface area contributed by atoms with Crippen molar-refractivity contribution >= 4 is 5.91 Å². The largest absolute Gasteiger partial charge is 0.396 e. The SMILES string of the molecule is CC(CCO)CNC(=O)C(C)n1cccc1. The predicted molar refractivity (Wildman–Crippen MR) is 63.0 cm³/mol. The summed E-state index contributed by atoms with van der Waals surface area (Å²) in [6.07, 6.45) is 4.47. The van der Waals surface area contributed by atoms with Gasteiger partial charge in [0.2, 0.25) is 5.91 Å². The second-order valence-corrected chi connectivity index (χ2v) is 4.17. The standard InChI is InChI=1S/C12H20N2O2/c1-10(5-8-15)9-13-12(16)11(2)14-6-3-4-7-14/h3-4,6-7,10-11,15H,5,8-9H2,1-2H3,(H,13,16). The lowest BCUT2D eigenvalue weighted by Gasteiger charge is -2.16. The number of nitrogens with one attached hydrogen (secondary N) is 1. The van der Waals surface area contributed by atoms with Crippen LogP contribution in [0.3, 0.4) is 0 Å². The monoisotopic (exact) mass is 224 g/mol. The van der Waals surface area contributed by atoms with Crippen LogP contribution in [0.2, 0.25) is 0 Å². The van der Waals surface area contributed by atoms with E-state index in [0.717, 1.165) is 6.42 Å². The molecule has 0 saturated carbocycles. The molecule has 0 aliphatic carbocycles. The Labute approximate surface area is 96.3 Å². The molecule has 2 N–H and O–H groups in total. The highest BCUT2D eigenvalue weighted by Crippen LogP contribution is 2.06. The molecule has 16 heavy (non-hydrogen) atoms. The van der Waals surface area contributed by atoms with Gasteiger partial charge in [0.05, 0.1) is 0 Å². The van der Waals surface area contributed by atoms with E-state index in [-0.39, 0.29) is 18.6 Å². The third-order valence-electron chi connectivity index (χ3n) is 2.70. The molecule has 2 unspecified atom stereocenters. The molecule has 2 atom stereocenters. The van der Waals surface area contributed by atoms with E-state index in [2.05, 4.69) is 5.32 Å². The van der Waals surface area contributed by atoms with Gasteiger partial charge in [0.15, 0.2) is 0 Å². The molecule has 4 heteroatoms. The number of carbonyl (C=O) groups excluding carboxylic acids is 1. The van der Waals surface area contributed by atoms with Crippen LogP contribution in [0.1, 0.15) is 26.3 Å². The number of aliphatic hydroxyl groups is 1. The highest BCUT2D eigenvalue weighted by atomic mass is 16.3. The zero-order chi connectivity index (χ0) is 12.0. The molecular weight excluding hydrogens is 204 g/mol. The fourth-order valence-electron chi connectivity index (χ4n) is 1.49. The fraction of sp³-hybridized carbons (Fsp3) is 0.583. The highest BCUT2D eigenvalue weighted by Gasteiger charge is 2.13. The van der Waals surface area contributed by atoms with Crippen molar-refractivity contribution < 1.29 is 9.90 Å². The molecule has 0 aromatic carbocycles. The van der Waals surface area contributed by atoms with Crippen LogP contribution in [-0.4, -0.2) is 28.7 Å². The lowest BCUT2D eigenvalue weighted by Crippen LogP contribution is -2.33. The maximum absolute atomic E-state index is 11.8. The van der Waals surface area contributed by atoms with Gasteiger partial charge in [-0.1, -0.05) is 6.92 Å². The van der Waals surface area contributed by atoms with E-state index in [4.69, 9.17) is 5.11 Å². The van der Waals surface area contributed by atoms with Gasteiger partial charge in [-0.05, 0) is 31.4 Å². The van der Waals surface area contributed by atoms with Crippen LogP contribution in [0.4, 0.5) is 0 Å². The van der Waals surface area contributed by atoms with E-state index >= 15 is 0 Å². The number of aromatic nitrogens is 1. The Morgan fingerprint density at radius 3 is 2.56 bits per heavy atom. The molecule has 0 aliphatic heterocycles. The van der Waals surface area contributed by atoms with E-state index in [1.165, 1.54) is 0 Å². The minimum Gasteiger partial charge on any atom is -0.396 e. The Balaban J connectivity index is 2.35. The van der Waals surface area contributed by atoms with Crippen molar-refractivity contribution in [3.63, 3.8) is 0 Å². The molecule has 1 heterocycles. The highest BCUT2D eigenvalue weighted by molar-refractivity contribution is 5.79. The molecule has 0 radical (unpaired) electrons. The number of nitrogens with zero attached hydrogens (tertiary/aromatic N) is 1.